The van der Waals surface area contributed by atoms with Crippen LogP contribution in [0.4, 0.5) is 10.1 Å². The number of H-pyrrole nitrogens is 1. The van der Waals surface area contributed by atoms with Gasteiger partial charge in [-0.1, -0.05) is 18.2 Å². The number of halogens is 1. The highest BCUT2D eigenvalue weighted by molar-refractivity contribution is 6.07. The first-order chi connectivity index (χ1) is 25.3. The van der Waals surface area contributed by atoms with Crippen molar-refractivity contribution in [3.63, 3.8) is 0 Å². The molecule has 5 heterocycles. The lowest BCUT2D eigenvalue weighted by Gasteiger charge is -2.29. The van der Waals surface area contributed by atoms with E-state index in [9.17, 15) is 9.18 Å². The average molecular weight is 697 g/mol. The summed E-state index contributed by atoms with van der Waals surface area (Å²) in [5.41, 5.74) is 8.46. The number of imidazole rings is 1. The number of anilines is 1. The summed E-state index contributed by atoms with van der Waals surface area (Å²) in [5, 5.41) is 20.4. The average Bonchev–Trinajstić information content (AvgIpc) is 3.68. The smallest absolute Gasteiger partial charge is 0.255 e. The zero-order valence-corrected chi connectivity index (χ0v) is 28.9. The van der Waals surface area contributed by atoms with E-state index in [0.29, 0.717) is 35.8 Å². The van der Waals surface area contributed by atoms with E-state index in [4.69, 9.17) is 24.7 Å². The van der Waals surface area contributed by atoms with Crippen molar-refractivity contribution in [3.8, 4) is 11.9 Å². The molecule has 1 fully saturated rings. The number of nitriles is 1. The number of rotatable bonds is 10. The molecule has 6 aromatic rings. The molecule has 3 aromatic carbocycles. The van der Waals surface area contributed by atoms with Crippen molar-refractivity contribution in [2.75, 3.05) is 25.0 Å². The second kappa shape index (κ2) is 14.0. The number of aryl methyl sites for hydroxylation is 2. The first kappa shape index (κ1) is 33.3. The van der Waals surface area contributed by atoms with Crippen molar-refractivity contribution in [3.05, 3.63) is 118 Å². The topological polar surface area (TPSA) is 134 Å². The fourth-order valence-electron chi connectivity index (χ4n) is 6.81. The Balaban J connectivity index is 0.966. The number of aromatic nitrogens is 5. The molecule has 0 saturated carbocycles. The van der Waals surface area contributed by atoms with Gasteiger partial charge in [0, 0.05) is 48.0 Å². The molecule has 1 atom stereocenters. The Labute approximate surface area is 299 Å². The highest BCUT2D eigenvalue weighted by atomic mass is 19.1. The molecule has 1 saturated heterocycles. The number of carbonyl (C=O) groups excluding carboxylic acids is 1. The Morgan fingerprint density at radius 1 is 1.13 bits per heavy atom. The van der Waals surface area contributed by atoms with Crippen molar-refractivity contribution in [1.29, 1.82) is 5.26 Å². The van der Waals surface area contributed by atoms with E-state index in [0.717, 1.165) is 82.8 Å². The van der Waals surface area contributed by atoms with Gasteiger partial charge in [-0.25, -0.2) is 14.4 Å². The van der Waals surface area contributed by atoms with Crippen LogP contribution in [0.2, 0.25) is 0 Å². The minimum atomic E-state index is -0.476. The minimum absolute atomic E-state index is 0.0171. The molecule has 0 radical (unpaired) electrons. The number of aromatic amines is 1. The number of ether oxygens (including phenoxy) is 2. The number of nitrogens with one attached hydrogen (secondary N) is 2. The molecule has 1 unspecified atom stereocenters. The first-order valence-electron chi connectivity index (χ1n) is 17.4. The van der Waals surface area contributed by atoms with Gasteiger partial charge in [-0.15, -0.1) is 0 Å². The van der Waals surface area contributed by atoms with Gasteiger partial charge in [0.25, 0.3) is 5.91 Å². The largest absolute Gasteiger partial charge is 0.473 e. The summed E-state index contributed by atoms with van der Waals surface area (Å²) in [5.74, 6) is 0.708. The predicted octanol–water partition coefficient (Wildman–Crippen LogP) is 6.84. The van der Waals surface area contributed by atoms with Crippen LogP contribution < -0.4 is 10.1 Å². The van der Waals surface area contributed by atoms with Crippen LogP contribution >= 0.6 is 0 Å². The zero-order chi connectivity index (χ0) is 35.8. The molecule has 2 N–H and O–H groups in total. The van der Waals surface area contributed by atoms with Crippen molar-refractivity contribution in [2.24, 2.45) is 0 Å². The van der Waals surface area contributed by atoms with Gasteiger partial charge in [0.15, 0.2) is 0 Å². The number of hydrogen-bond acceptors (Lipinski definition) is 8. The van der Waals surface area contributed by atoms with Crippen LogP contribution in [0, 0.1) is 31.0 Å². The van der Waals surface area contributed by atoms with E-state index in [2.05, 4.69) is 31.1 Å². The maximum atomic E-state index is 14.4. The van der Waals surface area contributed by atoms with Gasteiger partial charge in [-0.3, -0.25) is 14.8 Å². The zero-order valence-electron chi connectivity index (χ0n) is 28.9. The third-order valence-corrected chi connectivity index (χ3v) is 9.86. The van der Waals surface area contributed by atoms with Gasteiger partial charge in [0.1, 0.15) is 18.2 Å². The third-order valence-electron chi connectivity index (χ3n) is 9.86. The number of benzene rings is 3. The van der Waals surface area contributed by atoms with E-state index in [1.54, 1.807) is 18.2 Å². The predicted molar refractivity (Wildman–Crippen MR) is 195 cm³/mol. The molecule has 8 rings (SSSR count). The van der Waals surface area contributed by atoms with E-state index in [1.807, 2.05) is 62.4 Å². The van der Waals surface area contributed by atoms with Gasteiger partial charge in [-0.05, 0) is 86.4 Å². The first-order valence-corrected chi connectivity index (χ1v) is 17.4. The second-order valence-corrected chi connectivity index (χ2v) is 13.4. The highest BCUT2D eigenvalue weighted by Gasteiger charge is 2.24. The van der Waals surface area contributed by atoms with Crippen molar-refractivity contribution < 1.29 is 18.7 Å². The fourth-order valence-corrected chi connectivity index (χ4v) is 6.81. The molecule has 3 aromatic heterocycles. The molecule has 2 aliphatic rings. The Morgan fingerprint density at radius 2 is 2.02 bits per heavy atom. The number of nitrogens with zero attached hydrogens (tertiary/aromatic N) is 6. The van der Waals surface area contributed by atoms with Crippen LogP contribution in [0.25, 0.3) is 27.5 Å². The van der Waals surface area contributed by atoms with Crippen LogP contribution in [-0.4, -0.2) is 61.3 Å². The van der Waals surface area contributed by atoms with Crippen LogP contribution in [0.3, 0.4) is 0 Å². The van der Waals surface area contributed by atoms with E-state index >= 15 is 0 Å². The quantitative estimate of drug-likeness (QED) is 0.159. The summed E-state index contributed by atoms with van der Waals surface area (Å²) in [6.45, 7) is 7.57. The van der Waals surface area contributed by atoms with E-state index in [-0.39, 0.29) is 24.2 Å². The fraction of sp³-hybridized carbons (Fsp3) is 0.275. The van der Waals surface area contributed by atoms with Gasteiger partial charge >= 0.3 is 0 Å². The number of carbonyl (C=O) groups is 1. The summed E-state index contributed by atoms with van der Waals surface area (Å²) < 4.78 is 28.2. The van der Waals surface area contributed by atoms with Gasteiger partial charge in [-0.2, -0.15) is 10.4 Å². The maximum absolute atomic E-state index is 14.4. The Kier molecular flexibility index (Phi) is 8.97. The lowest BCUT2D eigenvalue weighted by molar-refractivity contribution is -0.0591. The number of pyridine rings is 1. The monoisotopic (exact) mass is 696 g/mol. The molecular weight excluding hydrogens is 659 g/mol. The maximum Gasteiger partial charge on any atom is 0.255 e. The lowest BCUT2D eigenvalue weighted by Crippen LogP contribution is -2.33. The Hall–Kier alpha value is -5.90. The minimum Gasteiger partial charge on any atom is -0.473 e. The summed E-state index contributed by atoms with van der Waals surface area (Å²) in [7, 11) is 0. The molecule has 0 spiro atoms. The standard InChI is InChI=1S/C40H37FN8O3/c1-24-16-29(18-32-25(2)46-47-39(24)32)40(50)43-30-8-9-35-36(19-30)49(21-31-12-15-51-31)37(44-35)22-48-13-10-27(11-14-48)34-4-3-5-38(45-34)52-23-28-7-6-26(20-42)17-33(28)41/h3-10,16-19,31H,11-15,21-23H2,1-2H3,(H,43,50)(H,46,47). The van der Waals surface area contributed by atoms with E-state index in [1.165, 1.54) is 6.07 Å². The number of fused-ring (bicyclic) bond motifs is 2. The molecule has 0 bridgehead atoms. The van der Waals surface area contributed by atoms with Gasteiger partial charge < -0.3 is 19.4 Å². The lowest BCUT2D eigenvalue weighted by atomic mass is 10.0. The highest BCUT2D eigenvalue weighted by Crippen LogP contribution is 2.28. The molecule has 1 amide bonds. The van der Waals surface area contributed by atoms with Crippen LogP contribution in [-0.2, 0) is 24.4 Å². The number of amides is 1. The molecule has 0 aliphatic carbocycles. The van der Waals surface area contributed by atoms with Crippen LogP contribution in [0.1, 0.15) is 57.1 Å². The molecule has 12 heteroatoms. The third kappa shape index (κ3) is 6.76. The molecule has 2 aliphatic heterocycles. The normalized spacial score (nSPS) is 16.0. The molecule has 11 nitrogen and oxygen atoms in total. The Bertz CT molecular complexity index is 2400. The van der Waals surface area contributed by atoms with Crippen LogP contribution in [0.15, 0.2) is 72.8 Å². The second-order valence-electron chi connectivity index (χ2n) is 13.4. The van der Waals surface area contributed by atoms with E-state index < -0.39 is 5.82 Å². The molecule has 52 heavy (non-hydrogen) atoms. The summed E-state index contributed by atoms with van der Waals surface area (Å²) in [6.07, 6.45) is 4.12. The number of hydrogen-bond donors (Lipinski definition) is 2. The summed E-state index contributed by atoms with van der Waals surface area (Å²) in [6, 6.07) is 21.5. The van der Waals surface area contributed by atoms with Crippen molar-refractivity contribution >= 4 is 39.1 Å². The summed E-state index contributed by atoms with van der Waals surface area (Å²) in [4.78, 5) is 25.5. The SMILES string of the molecule is Cc1n[nH]c2c(C)cc(C(=O)Nc3ccc4nc(CN5CC=C(c6cccc(OCc7ccc(C#N)cc7F)n6)CC5)n(CC5CCO5)c4c3)cc12. The van der Waals surface area contributed by atoms with Gasteiger partial charge in [0.05, 0.1) is 58.8 Å². The molecular formula is C40H37FN8O3. The van der Waals surface area contributed by atoms with Crippen molar-refractivity contribution in [2.45, 2.75) is 52.5 Å². The summed E-state index contributed by atoms with van der Waals surface area (Å²) >= 11 is 0. The van der Waals surface area contributed by atoms with Gasteiger partial charge in [0.2, 0.25) is 5.88 Å². The van der Waals surface area contributed by atoms with Crippen LogP contribution in [0.5, 0.6) is 5.88 Å². The molecule has 262 valence electrons. The van der Waals surface area contributed by atoms with Crippen molar-refractivity contribution in [1.82, 2.24) is 29.6 Å². The Morgan fingerprint density at radius 3 is 2.79 bits per heavy atom.